The summed E-state index contributed by atoms with van der Waals surface area (Å²) in [5.74, 6) is -0.140. The molecule has 3 N–H and O–H groups in total. The van der Waals surface area contributed by atoms with Crippen molar-refractivity contribution in [1.82, 2.24) is 5.43 Å². The number of para-hydroxylation sites is 1. The van der Waals surface area contributed by atoms with Gasteiger partial charge in [0, 0.05) is 11.3 Å². The van der Waals surface area contributed by atoms with Crippen molar-refractivity contribution in [1.29, 1.82) is 0 Å². The van der Waals surface area contributed by atoms with Gasteiger partial charge < -0.3 is 10.4 Å². The molecule has 0 aromatic heterocycles. The first-order valence-electron chi connectivity index (χ1n) is 8.39. The number of anilines is 1. The number of benzene rings is 3. The van der Waals surface area contributed by atoms with Gasteiger partial charge in [-0.25, -0.2) is 5.43 Å². The molecule has 3 rings (SSSR count). The van der Waals surface area contributed by atoms with Crippen molar-refractivity contribution < 1.29 is 9.90 Å². The lowest BCUT2D eigenvalue weighted by Gasteiger charge is -2.11. The Morgan fingerprint density at radius 3 is 2.54 bits per heavy atom. The summed E-state index contributed by atoms with van der Waals surface area (Å²) in [4.78, 5) is 12.0. The first-order valence-corrected chi connectivity index (χ1v) is 8.39. The summed E-state index contributed by atoms with van der Waals surface area (Å²) < 4.78 is 0. The van der Waals surface area contributed by atoms with Gasteiger partial charge in [0.2, 0.25) is 0 Å². The van der Waals surface area contributed by atoms with Crippen LogP contribution in [0.25, 0.3) is 10.8 Å². The van der Waals surface area contributed by atoms with Gasteiger partial charge in [0.05, 0.1) is 12.8 Å². The van der Waals surface area contributed by atoms with E-state index in [9.17, 15) is 9.90 Å². The van der Waals surface area contributed by atoms with Crippen LogP contribution < -0.4 is 10.7 Å². The standard InChI is InChI=1S/C21H21N3O2/c1-14-6-5-7-15(2)21(14)22-13-20(26)24-23-12-18-17-9-4-3-8-16(17)10-11-19(18)25/h3-12,22,25H,13H2,1-2H3,(H,24,26)/b23-12+. The van der Waals surface area contributed by atoms with E-state index in [0.29, 0.717) is 5.56 Å². The highest BCUT2D eigenvalue weighted by molar-refractivity contribution is 6.02. The molecule has 0 aliphatic carbocycles. The maximum absolute atomic E-state index is 12.0. The number of aromatic hydroxyl groups is 1. The highest BCUT2D eigenvalue weighted by atomic mass is 16.3. The third-order valence-corrected chi connectivity index (χ3v) is 4.24. The van der Waals surface area contributed by atoms with Gasteiger partial charge in [-0.1, -0.05) is 48.5 Å². The van der Waals surface area contributed by atoms with Gasteiger partial charge in [0.15, 0.2) is 0 Å². The number of amides is 1. The van der Waals surface area contributed by atoms with Crippen LogP contribution in [-0.4, -0.2) is 23.8 Å². The second-order valence-corrected chi connectivity index (χ2v) is 6.13. The Labute approximate surface area is 152 Å². The molecule has 0 heterocycles. The minimum atomic E-state index is -0.261. The number of aryl methyl sites for hydroxylation is 2. The molecule has 0 spiro atoms. The van der Waals surface area contributed by atoms with Crippen LogP contribution in [0.5, 0.6) is 5.75 Å². The summed E-state index contributed by atoms with van der Waals surface area (Å²) in [5, 5.41) is 19.1. The highest BCUT2D eigenvalue weighted by Crippen LogP contribution is 2.25. The predicted octanol–water partition coefficient (Wildman–Crippen LogP) is 3.72. The molecule has 0 fully saturated rings. The lowest BCUT2D eigenvalue weighted by atomic mass is 10.0. The number of fused-ring (bicyclic) bond motifs is 1. The summed E-state index contributed by atoms with van der Waals surface area (Å²) in [6.07, 6.45) is 1.47. The molecule has 0 atom stereocenters. The van der Waals surface area contributed by atoms with E-state index in [0.717, 1.165) is 27.6 Å². The number of hydrogen-bond donors (Lipinski definition) is 3. The number of nitrogens with one attached hydrogen (secondary N) is 2. The fourth-order valence-corrected chi connectivity index (χ4v) is 2.89. The third-order valence-electron chi connectivity index (χ3n) is 4.24. The molecule has 132 valence electrons. The average Bonchev–Trinajstić information content (AvgIpc) is 2.63. The minimum absolute atomic E-state index is 0.116. The van der Waals surface area contributed by atoms with E-state index in [1.807, 2.05) is 62.4 Å². The summed E-state index contributed by atoms with van der Waals surface area (Å²) in [5.41, 5.74) is 6.19. The molecule has 1 amide bonds. The number of nitrogens with zero attached hydrogens (tertiary/aromatic N) is 1. The molecule has 0 radical (unpaired) electrons. The second kappa shape index (κ2) is 7.70. The van der Waals surface area contributed by atoms with Gasteiger partial charge in [0.1, 0.15) is 5.75 Å². The van der Waals surface area contributed by atoms with Crippen LogP contribution in [0, 0.1) is 13.8 Å². The van der Waals surface area contributed by atoms with Crippen molar-refractivity contribution in [3.8, 4) is 5.75 Å². The van der Waals surface area contributed by atoms with Crippen LogP contribution in [0.1, 0.15) is 16.7 Å². The zero-order valence-electron chi connectivity index (χ0n) is 14.8. The van der Waals surface area contributed by atoms with E-state index < -0.39 is 0 Å². The Morgan fingerprint density at radius 1 is 1.04 bits per heavy atom. The van der Waals surface area contributed by atoms with Crippen LogP contribution in [-0.2, 0) is 4.79 Å². The zero-order valence-corrected chi connectivity index (χ0v) is 14.8. The Kier molecular flexibility index (Phi) is 5.17. The van der Waals surface area contributed by atoms with Crippen LogP contribution in [0.3, 0.4) is 0 Å². The fraction of sp³-hybridized carbons (Fsp3) is 0.143. The van der Waals surface area contributed by atoms with E-state index in [2.05, 4.69) is 15.8 Å². The highest BCUT2D eigenvalue weighted by Gasteiger charge is 2.06. The maximum Gasteiger partial charge on any atom is 0.259 e. The van der Waals surface area contributed by atoms with Crippen molar-refractivity contribution in [3.63, 3.8) is 0 Å². The number of phenols is 1. The third kappa shape index (κ3) is 3.83. The molecule has 0 unspecified atom stereocenters. The smallest absolute Gasteiger partial charge is 0.259 e. The maximum atomic E-state index is 12.0. The Balaban J connectivity index is 1.66. The SMILES string of the molecule is Cc1cccc(C)c1NCC(=O)N/N=C/c1c(O)ccc2ccccc12. The molecular weight excluding hydrogens is 326 g/mol. The molecule has 0 saturated heterocycles. The average molecular weight is 347 g/mol. The first-order chi connectivity index (χ1) is 12.6. The molecule has 5 heteroatoms. The topological polar surface area (TPSA) is 73.7 Å². The van der Waals surface area contributed by atoms with E-state index in [1.165, 1.54) is 6.21 Å². The number of phenolic OH excluding ortho intramolecular Hbond substituents is 1. The van der Waals surface area contributed by atoms with E-state index in [4.69, 9.17) is 0 Å². The first kappa shape index (κ1) is 17.5. The largest absolute Gasteiger partial charge is 0.507 e. The van der Waals surface area contributed by atoms with E-state index >= 15 is 0 Å². The van der Waals surface area contributed by atoms with Crippen LogP contribution in [0.4, 0.5) is 5.69 Å². The minimum Gasteiger partial charge on any atom is -0.507 e. The second-order valence-electron chi connectivity index (χ2n) is 6.13. The van der Waals surface area contributed by atoms with Gasteiger partial charge in [-0.2, -0.15) is 5.10 Å². The molecule has 5 nitrogen and oxygen atoms in total. The van der Waals surface area contributed by atoms with Crippen molar-refractivity contribution >= 4 is 28.6 Å². The monoisotopic (exact) mass is 347 g/mol. The predicted molar refractivity (Wildman–Crippen MR) is 106 cm³/mol. The fourth-order valence-electron chi connectivity index (χ4n) is 2.89. The normalized spacial score (nSPS) is 11.0. The number of hydrazone groups is 1. The van der Waals surface area contributed by atoms with Gasteiger partial charge in [-0.15, -0.1) is 0 Å². The number of carbonyl (C=O) groups is 1. The van der Waals surface area contributed by atoms with Crippen LogP contribution in [0.2, 0.25) is 0 Å². The molecule has 3 aromatic carbocycles. The zero-order chi connectivity index (χ0) is 18.5. The van der Waals surface area contributed by atoms with Crippen LogP contribution in [0.15, 0.2) is 59.7 Å². The summed E-state index contributed by atoms with van der Waals surface area (Å²) in [6, 6.07) is 17.1. The van der Waals surface area contributed by atoms with Crippen molar-refractivity contribution in [2.45, 2.75) is 13.8 Å². The molecule has 0 aliphatic heterocycles. The Morgan fingerprint density at radius 2 is 1.77 bits per heavy atom. The molecule has 0 saturated carbocycles. The molecule has 0 aliphatic rings. The van der Waals surface area contributed by atoms with Gasteiger partial charge in [-0.05, 0) is 41.8 Å². The van der Waals surface area contributed by atoms with Crippen molar-refractivity contribution in [3.05, 3.63) is 71.3 Å². The summed E-state index contributed by atoms with van der Waals surface area (Å²) in [7, 11) is 0. The van der Waals surface area contributed by atoms with Gasteiger partial charge in [-0.3, -0.25) is 4.79 Å². The Hall–Kier alpha value is -3.34. The van der Waals surface area contributed by atoms with Crippen molar-refractivity contribution in [2.75, 3.05) is 11.9 Å². The molecular formula is C21H21N3O2. The molecule has 3 aromatic rings. The van der Waals surface area contributed by atoms with Gasteiger partial charge in [0.25, 0.3) is 5.91 Å². The lowest BCUT2D eigenvalue weighted by molar-refractivity contribution is -0.119. The lowest BCUT2D eigenvalue weighted by Crippen LogP contribution is -2.26. The quantitative estimate of drug-likeness (QED) is 0.486. The Bertz CT molecular complexity index is 960. The summed E-state index contributed by atoms with van der Waals surface area (Å²) in [6.45, 7) is 4.11. The molecule has 26 heavy (non-hydrogen) atoms. The number of carbonyl (C=O) groups excluding carboxylic acids is 1. The molecule has 0 bridgehead atoms. The van der Waals surface area contributed by atoms with Gasteiger partial charge >= 0.3 is 0 Å². The van der Waals surface area contributed by atoms with E-state index in [1.54, 1.807) is 6.07 Å². The number of rotatable bonds is 5. The van der Waals surface area contributed by atoms with Crippen LogP contribution >= 0.6 is 0 Å². The van der Waals surface area contributed by atoms with Crippen molar-refractivity contribution in [2.24, 2.45) is 5.10 Å². The number of hydrogen-bond acceptors (Lipinski definition) is 4. The van der Waals surface area contributed by atoms with E-state index in [-0.39, 0.29) is 18.2 Å². The summed E-state index contributed by atoms with van der Waals surface area (Å²) >= 11 is 0.